The maximum Gasteiger partial charge on any atom is 0.233 e. The SMILES string of the molecule is CN(C)C(=O)[C@@H]1C(=O)C[C@H](c2ccccc2)[C@H]1c1ccccc1. The lowest BCUT2D eigenvalue weighted by molar-refractivity contribution is -0.138. The molecule has 0 saturated heterocycles. The van der Waals surface area contributed by atoms with Crippen molar-refractivity contribution in [1.29, 1.82) is 0 Å². The molecule has 0 unspecified atom stereocenters. The highest BCUT2D eigenvalue weighted by Crippen LogP contribution is 2.48. The third-order valence-electron chi connectivity index (χ3n) is 4.68. The second kappa shape index (κ2) is 6.37. The molecular weight excluding hydrogens is 286 g/mol. The van der Waals surface area contributed by atoms with Gasteiger partial charge in [-0.3, -0.25) is 9.59 Å². The van der Waals surface area contributed by atoms with Crippen LogP contribution >= 0.6 is 0 Å². The van der Waals surface area contributed by atoms with Crippen LogP contribution < -0.4 is 0 Å². The summed E-state index contributed by atoms with van der Waals surface area (Å²) < 4.78 is 0. The van der Waals surface area contributed by atoms with Crippen LogP contribution in [-0.4, -0.2) is 30.7 Å². The Morgan fingerprint density at radius 2 is 1.43 bits per heavy atom. The molecule has 1 aliphatic carbocycles. The van der Waals surface area contributed by atoms with E-state index in [9.17, 15) is 9.59 Å². The zero-order chi connectivity index (χ0) is 16.4. The first-order chi connectivity index (χ1) is 11.1. The number of Topliss-reactive ketones (excluding diaryl/α,β-unsaturated/α-hetero) is 1. The quantitative estimate of drug-likeness (QED) is 0.816. The number of ketones is 1. The fourth-order valence-corrected chi connectivity index (χ4v) is 3.60. The summed E-state index contributed by atoms with van der Waals surface area (Å²) >= 11 is 0. The highest BCUT2D eigenvalue weighted by atomic mass is 16.2. The van der Waals surface area contributed by atoms with Crippen LogP contribution in [0.25, 0.3) is 0 Å². The van der Waals surface area contributed by atoms with Gasteiger partial charge in [0.25, 0.3) is 0 Å². The Hall–Kier alpha value is -2.42. The molecular formula is C20H21NO2. The van der Waals surface area contributed by atoms with Gasteiger partial charge in [-0.15, -0.1) is 0 Å². The molecule has 0 radical (unpaired) electrons. The molecule has 3 nitrogen and oxygen atoms in total. The first-order valence-corrected chi connectivity index (χ1v) is 7.93. The molecule has 0 aromatic heterocycles. The van der Waals surface area contributed by atoms with Gasteiger partial charge >= 0.3 is 0 Å². The number of benzene rings is 2. The predicted molar refractivity (Wildman–Crippen MR) is 90.2 cm³/mol. The normalized spacial score (nSPS) is 23.7. The summed E-state index contributed by atoms with van der Waals surface area (Å²) in [5.41, 5.74) is 2.19. The van der Waals surface area contributed by atoms with Gasteiger partial charge in [-0.25, -0.2) is 0 Å². The van der Waals surface area contributed by atoms with E-state index in [2.05, 4.69) is 12.1 Å². The monoisotopic (exact) mass is 307 g/mol. The molecule has 0 bridgehead atoms. The Morgan fingerprint density at radius 1 is 0.913 bits per heavy atom. The number of nitrogens with zero attached hydrogens (tertiary/aromatic N) is 1. The van der Waals surface area contributed by atoms with E-state index in [1.165, 1.54) is 4.90 Å². The van der Waals surface area contributed by atoms with E-state index in [1.807, 2.05) is 48.5 Å². The molecule has 0 aliphatic heterocycles. The molecule has 1 aliphatic rings. The molecule has 3 rings (SSSR count). The minimum absolute atomic E-state index is 0.0476. The molecule has 0 N–H and O–H groups in total. The summed E-state index contributed by atoms with van der Waals surface area (Å²) in [7, 11) is 3.43. The third kappa shape index (κ3) is 2.91. The van der Waals surface area contributed by atoms with Crippen molar-refractivity contribution in [1.82, 2.24) is 4.90 Å². The van der Waals surface area contributed by atoms with Crippen molar-refractivity contribution >= 4 is 11.7 Å². The van der Waals surface area contributed by atoms with E-state index in [0.717, 1.165) is 11.1 Å². The lowest BCUT2D eigenvalue weighted by Crippen LogP contribution is -2.35. The van der Waals surface area contributed by atoms with Gasteiger partial charge in [0.1, 0.15) is 11.7 Å². The van der Waals surface area contributed by atoms with E-state index in [0.29, 0.717) is 6.42 Å². The van der Waals surface area contributed by atoms with E-state index in [1.54, 1.807) is 14.1 Å². The van der Waals surface area contributed by atoms with Crippen LogP contribution in [0.5, 0.6) is 0 Å². The molecule has 1 fully saturated rings. The number of amides is 1. The maximum absolute atomic E-state index is 12.6. The van der Waals surface area contributed by atoms with Gasteiger partial charge < -0.3 is 4.90 Å². The molecule has 0 spiro atoms. The van der Waals surface area contributed by atoms with Crippen molar-refractivity contribution in [2.75, 3.05) is 14.1 Å². The molecule has 23 heavy (non-hydrogen) atoms. The van der Waals surface area contributed by atoms with E-state index < -0.39 is 5.92 Å². The van der Waals surface area contributed by atoms with Crippen molar-refractivity contribution in [2.24, 2.45) is 5.92 Å². The Morgan fingerprint density at radius 3 is 1.96 bits per heavy atom. The van der Waals surface area contributed by atoms with Gasteiger partial charge in [0.05, 0.1) is 0 Å². The Balaban J connectivity index is 2.07. The van der Waals surface area contributed by atoms with Crippen molar-refractivity contribution in [2.45, 2.75) is 18.3 Å². The lowest BCUT2D eigenvalue weighted by atomic mass is 9.79. The molecule has 0 heterocycles. The van der Waals surface area contributed by atoms with Crippen LogP contribution in [0.15, 0.2) is 60.7 Å². The number of carbonyl (C=O) groups excluding carboxylic acids is 2. The van der Waals surface area contributed by atoms with E-state index in [4.69, 9.17) is 0 Å². The minimum atomic E-state index is -0.586. The largest absolute Gasteiger partial charge is 0.348 e. The van der Waals surface area contributed by atoms with Crippen molar-refractivity contribution in [3.05, 3.63) is 71.8 Å². The van der Waals surface area contributed by atoms with Gasteiger partial charge in [0.2, 0.25) is 5.91 Å². The van der Waals surface area contributed by atoms with Gasteiger partial charge in [0.15, 0.2) is 0 Å². The summed E-state index contributed by atoms with van der Waals surface area (Å²) in [6, 6.07) is 20.0. The second-order valence-corrected chi connectivity index (χ2v) is 6.33. The van der Waals surface area contributed by atoms with Crippen LogP contribution in [0.3, 0.4) is 0 Å². The van der Waals surface area contributed by atoms with Gasteiger partial charge in [-0.1, -0.05) is 60.7 Å². The number of rotatable bonds is 3. The summed E-state index contributed by atoms with van der Waals surface area (Å²) in [5, 5.41) is 0. The third-order valence-corrected chi connectivity index (χ3v) is 4.68. The lowest BCUT2D eigenvalue weighted by Gasteiger charge is -2.26. The van der Waals surface area contributed by atoms with E-state index in [-0.39, 0.29) is 23.5 Å². The van der Waals surface area contributed by atoms with Gasteiger partial charge in [-0.2, -0.15) is 0 Å². The van der Waals surface area contributed by atoms with Crippen LogP contribution in [0.1, 0.15) is 29.4 Å². The number of carbonyl (C=O) groups is 2. The van der Waals surface area contributed by atoms with Gasteiger partial charge in [-0.05, 0) is 17.0 Å². The average molecular weight is 307 g/mol. The predicted octanol–water partition coefficient (Wildman–Crippen LogP) is 3.23. The molecule has 2 aromatic rings. The van der Waals surface area contributed by atoms with Crippen LogP contribution in [-0.2, 0) is 9.59 Å². The molecule has 1 saturated carbocycles. The zero-order valence-corrected chi connectivity index (χ0v) is 13.5. The fourth-order valence-electron chi connectivity index (χ4n) is 3.60. The van der Waals surface area contributed by atoms with Crippen molar-refractivity contribution < 1.29 is 9.59 Å². The van der Waals surface area contributed by atoms with Crippen molar-refractivity contribution in [3.63, 3.8) is 0 Å². The Labute approximate surface area is 136 Å². The zero-order valence-electron chi connectivity index (χ0n) is 13.5. The smallest absolute Gasteiger partial charge is 0.233 e. The average Bonchev–Trinajstić information content (AvgIpc) is 2.93. The van der Waals surface area contributed by atoms with Gasteiger partial charge in [0, 0.05) is 26.4 Å². The fraction of sp³-hybridized carbons (Fsp3) is 0.300. The standard InChI is InChI=1S/C20H21NO2/c1-21(2)20(23)19-17(22)13-16(14-9-5-3-6-10-14)18(19)15-11-7-4-8-12-15/h3-12,16,18-19H,13H2,1-2H3/t16-,18-,19-/m1/s1. The first-order valence-electron chi connectivity index (χ1n) is 7.93. The second-order valence-electron chi connectivity index (χ2n) is 6.33. The highest BCUT2D eigenvalue weighted by molar-refractivity contribution is 6.04. The number of hydrogen-bond acceptors (Lipinski definition) is 2. The Bertz CT molecular complexity index is 694. The minimum Gasteiger partial charge on any atom is -0.348 e. The number of hydrogen-bond donors (Lipinski definition) is 0. The van der Waals surface area contributed by atoms with Crippen molar-refractivity contribution in [3.8, 4) is 0 Å². The summed E-state index contributed by atoms with van der Waals surface area (Å²) in [4.78, 5) is 26.8. The molecule has 118 valence electrons. The molecule has 3 atom stereocenters. The van der Waals surface area contributed by atoms with Crippen LogP contribution in [0.4, 0.5) is 0 Å². The van der Waals surface area contributed by atoms with E-state index >= 15 is 0 Å². The summed E-state index contributed by atoms with van der Waals surface area (Å²) in [5.74, 6) is -0.674. The Kier molecular flexibility index (Phi) is 4.28. The highest BCUT2D eigenvalue weighted by Gasteiger charge is 2.47. The topological polar surface area (TPSA) is 37.4 Å². The van der Waals surface area contributed by atoms with Crippen LogP contribution in [0.2, 0.25) is 0 Å². The first kappa shape index (κ1) is 15.5. The molecule has 3 heteroatoms. The maximum atomic E-state index is 12.6. The molecule has 1 amide bonds. The summed E-state index contributed by atoms with van der Waals surface area (Å²) in [6.45, 7) is 0. The van der Waals surface area contributed by atoms with Crippen LogP contribution in [0, 0.1) is 5.92 Å². The summed E-state index contributed by atoms with van der Waals surface area (Å²) in [6.07, 6.45) is 0.424. The molecule has 2 aromatic carbocycles.